The summed E-state index contributed by atoms with van der Waals surface area (Å²) in [6.45, 7) is 2.14. The van der Waals surface area contributed by atoms with E-state index < -0.39 is 5.63 Å². The minimum absolute atomic E-state index is 0.140. The van der Waals surface area contributed by atoms with Crippen LogP contribution in [0.4, 0.5) is 5.69 Å². The van der Waals surface area contributed by atoms with Crippen molar-refractivity contribution in [3.8, 4) is 0 Å². The smallest absolute Gasteiger partial charge is 0.347 e. The van der Waals surface area contributed by atoms with E-state index in [0.717, 1.165) is 81.7 Å². The second kappa shape index (κ2) is 8.29. The van der Waals surface area contributed by atoms with Gasteiger partial charge in [-0.25, -0.2) is 4.79 Å². The van der Waals surface area contributed by atoms with Crippen LogP contribution in [0.1, 0.15) is 72.9 Å². The van der Waals surface area contributed by atoms with E-state index in [0.29, 0.717) is 18.4 Å². The Kier molecular flexibility index (Phi) is 5.60. The summed E-state index contributed by atoms with van der Waals surface area (Å²) in [5.74, 6) is -0.140. The van der Waals surface area contributed by atoms with Gasteiger partial charge in [0.1, 0.15) is 17.4 Å². The van der Waals surface area contributed by atoms with Gasteiger partial charge < -0.3 is 14.1 Å². The number of fused-ring (bicyclic) bond motifs is 2. The minimum Gasteiger partial charge on any atom is -0.422 e. The molecule has 3 heterocycles. The van der Waals surface area contributed by atoms with Crippen LogP contribution in [0.5, 0.6) is 0 Å². The van der Waals surface area contributed by atoms with Crippen molar-refractivity contribution in [1.82, 2.24) is 0 Å². The molecule has 1 aromatic heterocycles. The molecule has 0 unspecified atom stereocenters. The van der Waals surface area contributed by atoms with Crippen LogP contribution in [0.2, 0.25) is 0 Å². The maximum atomic E-state index is 12.6. The fourth-order valence-electron chi connectivity index (χ4n) is 4.64. The number of carbonyl (C=O) groups is 2. The zero-order valence-corrected chi connectivity index (χ0v) is 16.3. The predicted octanol–water partition coefficient (Wildman–Crippen LogP) is 4.21. The van der Waals surface area contributed by atoms with E-state index >= 15 is 0 Å². The second-order valence-corrected chi connectivity index (χ2v) is 7.97. The third-order valence-corrected chi connectivity index (χ3v) is 5.99. The lowest BCUT2D eigenvalue weighted by molar-refractivity contribution is -0.107. The number of nitrogens with zero attached hydrogens (tertiary/aromatic N) is 1. The number of anilines is 1. The average Bonchev–Trinajstić information content (AvgIpc) is 2.71. The standard InChI is InChI=1S/C23H27NO4/c25-13-5-3-1-2-4-10-20(26)19-15-17-14-16-8-6-11-24-12-7-9-18(21(16)24)22(17)28-23(19)27/h13-15H,1-12H2. The Morgan fingerprint density at radius 2 is 1.86 bits per heavy atom. The van der Waals surface area contributed by atoms with E-state index in [9.17, 15) is 14.4 Å². The molecular formula is C23H27NO4. The molecule has 0 atom stereocenters. The summed E-state index contributed by atoms with van der Waals surface area (Å²) in [6, 6.07) is 3.87. The van der Waals surface area contributed by atoms with Gasteiger partial charge in [0.15, 0.2) is 5.78 Å². The van der Waals surface area contributed by atoms with Crippen LogP contribution in [0.3, 0.4) is 0 Å². The summed E-state index contributed by atoms with van der Waals surface area (Å²) in [5.41, 5.74) is 4.06. The van der Waals surface area contributed by atoms with E-state index in [4.69, 9.17) is 4.42 Å². The number of aldehydes is 1. The largest absolute Gasteiger partial charge is 0.422 e. The molecule has 0 spiro atoms. The lowest BCUT2D eigenvalue weighted by Gasteiger charge is -2.37. The molecule has 0 saturated carbocycles. The molecule has 2 aliphatic heterocycles. The molecule has 0 amide bonds. The Labute approximate surface area is 164 Å². The first-order valence-electron chi connectivity index (χ1n) is 10.5. The maximum absolute atomic E-state index is 12.6. The number of rotatable bonds is 8. The molecule has 2 aromatic rings. The van der Waals surface area contributed by atoms with Gasteiger partial charge in [0.2, 0.25) is 0 Å². The molecular weight excluding hydrogens is 354 g/mol. The van der Waals surface area contributed by atoms with E-state index in [-0.39, 0.29) is 11.3 Å². The quantitative estimate of drug-likeness (QED) is 0.296. The molecule has 5 heteroatoms. The zero-order chi connectivity index (χ0) is 19.5. The number of hydrogen-bond donors (Lipinski definition) is 0. The molecule has 0 saturated heterocycles. The average molecular weight is 381 g/mol. The zero-order valence-electron chi connectivity index (χ0n) is 16.3. The first-order chi connectivity index (χ1) is 13.7. The highest BCUT2D eigenvalue weighted by atomic mass is 16.4. The van der Waals surface area contributed by atoms with Gasteiger partial charge in [-0.05, 0) is 56.2 Å². The van der Waals surface area contributed by atoms with Crippen molar-refractivity contribution < 1.29 is 14.0 Å². The van der Waals surface area contributed by atoms with Crippen molar-refractivity contribution in [2.45, 2.75) is 64.2 Å². The Bertz CT molecular complexity index is 957. The number of carbonyl (C=O) groups excluding carboxylic acids is 2. The summed E-state index contributed by atoms with van der Waals surface area (Å²) >= 11 is 0. The number of ketones is 1. The van der Waals surface area contributed by atoms with Gasteiger partial charge in [-0.2, -0.15) is 0 Å². The molecule has 4 rings (SSSR count). The first-order valence-corrected chi connectivity index (χ1v) is 10.5. The highest BCUT2D eigenvalue weighted by Crippen LogP contribution is 2.39. The van der Waals surface area contributed by atoms with Crippen LogP contribution < -0.4 is 10.5 Å². The second-order valence-electron chi connectivity index (χ2n) is 7.97. The molecule has 5 nitrogen and oxygen atoms in total. The van der Waals surface area contributed by atoms with Crippen LogP contribution >= 0.6 is 0 Å². The van der Waals surface area contributed by atoms with Crippen molar-refractivity contribution in [2.24, 2.45) is 0 Å². The van der Waals surface area contributed by atoms with Crippen LogP contribution in [-0.4, -0.2) is 25.2 Å². The maximum Gasteiger partial charge on any atom is 0.347 e. The summed E-state index contributed by atoms with van der Waals surface area (Å²) in [6.07, 6.45) is 9.46. The Morgan fingerprint density at radius 3 is 2.68 bits per heavy atom. The van der Waals surface area contributed by atoms with Crippen molar-refractivity contribution in [1.29, 1.82) is 0 Å². The number of Topliss-reactive ketones (excluding diaryl/α,β-unsaturated/α-hetero) is 1. The molecule has 0 bridgehead atoms. The highest BCUT2D eigenvalue weighted by molar-refractivity contribution is 5.99. The lowest BCUT2D eigenvalue weighted by Crippen LogP contribution is -2.34. The molecule has 0 fully saturated rings. The third kappa shape index (κ3) is 3.62. The van der Waals surface area contributed by atoms with Crippen LogP contribution in [0.15, 0.2) is 21.3 Å². The SMILES string of the molecule is O=CCCCCCCC(=O)c1cc2cc3c4c(c2oc1=O)CCCN4CCC3. The Balaban J connectivity index is 1.58. The van der Waals surface area contributed by atoms with Gasteiger partial charge in [0.25, 0.3) is 0 Å². The molecule has 148 valence electrons. The first kappa shape index (κ1) is 18.9. The van der Waals surface area contributed by atoms with Gasteiger partial charge in [-0.1, -0.05) is 12.8 Å². The molecule has 0 radical (unpaired) electrons. The summed E-state index contributed by atoms with van der Waals surface area (Å²) in [7, 11) is 0. The Morgan fingerprint density at radius 1 is 1.07 bits per heavy atom. The normalized spacial score (nSPS) is 15.5. The number of hydrogen-bond acceptors (Lipinski definition) is 5. The summed E-state index contributed by atoms with van der Waals surface area (Å²) in [4.78, 5) is 37.9. The Hall–Kier alpha value is -2.43. The van der Waals surface area contributed by atoms with Crippen molar-refractivity contribution in [3.05, 3.63) is 39.2 Å². The lowest BCUT2D eigenvalue weighted by atomic mass is 9.89. The van der Waals surface area contributed by atoms with Gasteiger partial charge in [-0.3, -0.25) is 4.79 Å². The van der Waals surface area contributed by atoms with E-state index in [1.165, 1.54) is 11.3 Å². The van der Waals surface area contributed by atoms with Crippen LogP contribution in [0, 0.1) is 0 Å². The van der Waals surface area contributed by atoms with E-state index in [2.05, 4.69) is 11.0 Å². The number of benzene rings is 1. The van der Waals surface area contributed by atoms with Crippen LogP contribution in [0.25, 0.3) is 11.0 Å². The van der Waals surface area contributed by atoms with Crippen molar-refractivity contribution in [2.75, 3.05) is 18.0 Å². The molecule has 2 aliphatic rings. The van der Waals surface area contributed by atoms with Crippen molar-refractivity contribution >= 4 is 28.7 Å². The third-order valence-electron chi connectivity index (χ3n) is 5.99. The highest BCUT2D eigenvalue weighted by Gasteiger charge is 2.27. The van der Waals surface area contributed by atoms with E-state index in [1.807, 2.05) is 0 Å². The summed E-state index contributed by atoms with van der Waals surface area (Å²) in [5, 5.41) is 0.881. The van der Waals surface area contributed by atoms with Gasteiger partial charge in [0, 0.05) is 42.6 Å². The van der Waals surface area contributed by atoms with E-state index in [1.54, 1.807) is 6.07 Å². The minimum atomic E-state index is -0.511. The van der Waals surface area contributed by atoms with Crippen molar-refractivity contribution in [3.63, 3.8) is 0 Å². The van der Waals surface area contributed by atoms with Gasteiger partial charge >= 0.3 is 5.63 Å². The molecule has 28 heavy (non-hydrogen) atoms. The fourth-order valence-corrected chi connectivity index (χ4v) is 4.64. The monoisotopic (exact) mass is 381 g/mol. The van der Waals surface area contributed by atoms with Gasteiger partial charge in [-0.15, -0.1) is 0 Å². The number of aryl methyl sites for hydroxylation is 2. The molecule has 0 N–H and O–H groups in total. The molecule has 1 aromatic carbocycles. The summed E-state index contributed by atoms with van der Waals surface area (Å²) < 4.78 is 5.70. The molecule has 0 aliphatic carbocycles. The predicted molar refractivity (Wildman–Crippen MR) is 109 cm³/mol. The number of unbranched alkanes of at least 4 members (excludes halogenated alkanes) is 4. The van der Waals surface area contributed by atoms with Gasteiger partial charge in [0.05, 0.1) is 0 Å². The topological polar surface area (TPSA) is 67.6 Å². The fraction of sp³-hybridized carbons (Fsp3) is 0.522. The van der Waals surface area contributed by atoms with Crippen LogP contribution in [-0.2, 0) is 17.6 Å².